The topological polar surface area (TPSA) is 78.9 Å². The normalized spacial score (nSPS) is 13.0. The Hall–Kier alpha value is -4.19. The van der Waals surface area contributed by atoms with Crippen molar-refractivity contribution in [1.29, 1.82) is 0 Å². The molecule has 0 bridgehead atoms. The monoisotopic (exact) mass is 1010 g/mol. The van der Waals surface area contributed by atoms with E-state index < -0.39 is 6.10 Å². The van der Waals surface area contributed by atoms with Gasteiger partial charge in [-0.15, -0.1) is 0 Å². The molecule has 0 aliphatic carbocycles. The largest absolute Gasteiger partial charge is 0.462 e. The Morgan fingerprint density at radius 1 is 0.288 bits per heavy atom. The summed E-state index contributed by atoms with van der Waals surface area (Å²) >= 11 is 0. The summed E-state index contributed by atoms with van der Waals surface area (Å²) in [5.74, 6) is -0.985. The number of carbonyl (C=O) groups excluding carboxylic acids is 3. The van der Waals surface area contributed by atoms with Crippen LogP contribution in [-0.4, -0.2) is 37.2 Å². The third-order valence-electron chi connectivity index (χ3n) is 12.4. The fraction of sp³-hybridized carbons (Fsp3) is 0.657. The highest BCUT2D eigenvalue weighted by atomic mass is 16.6. The first-order valence-electron chi connectivity index (χ1n) is 30.0. The SMILES string of the molecule is CC/C=C\C/C=C\C/C=C\C/C=C\C/C=C\C/C=C\C/C=C\CCCC(=O)OCC(COC(=O)CCCCCCC/C=C\C/C=C\CCCCC)OC(=O)CCCCCCCCC/C=C\CCCCCCCC. The zero-order valence-corrected chi connectivity index (χ0v) is 47.4. The molecule has 0 rings (SSSR count). The molecule has 0 amide bonds. The van der Waals surface area contributed by atoms with Crippen molar-refractivity contribution >= 4 is 17.9 Å². The molecule has 0 spiro atoms. The molecule has 0 saturated carbocycles. The molecular formula is C67H110O6. The molecule has 0 aromatic rings. The summed E-state index contributed by atoms with van der Waals surface area (Å²) in [6.07, 6.45) is 83.3. The maximum Gasteiger partial charge on any atom is 0.306 e. The van der Waals surface area contributed by atoms with Gasteiger partial charge in [0.15, 0.2) is 6.10 Å². The predicted molar refractivity (Wildman–Crippen MR) is 316 cm³/mol. The minimum absolute atomic E-state index is 0.107. The van der Waals surface area contributed by atoms with E-state index >= 15 is 0 Å². The van der Waals surface area contributed by atoms with Crippen LogP contribution in [-0.2, 0) is 28.6 Å². The fourth-order valence-corrected chi connectivity index (χ4v) is 7.93. The van der Waals surface area contributed by atoms with Crippen LogP contribution >= 0.6 is 0 Å². The van der Waals surface area contributed by atoms with Crippen molar-refractivity contribution in [3.05, 3.63) is 122 Å². The smallest absolute Gasteiger partial charge is 0.306 e. The summed E-state index contributed by atoms with van der Waals surface area (Å²) in [4.78, 5) is 38.2. The molecule has 414 valence electrons. The third-order valence-corrected chi connectivity index (χ3v) is 12.4. The Kier molecular flexibility index (Phi) is 56.9. The van der Waals surface area contributed by atoms with E-state index in [1.165, 1.54) is 103 Å². The summed E-state index contributed by atoms with van der Waals surface area (Å²) in [5, 5.41) is 0. The van der Waals surface area contributed by atoms with Crippen molar-refractivity contribution in [2.24, 2.45) is 0 Å². The van der Waals surface area contributed by atoms with Crippen LogP contribution < -0.4 is 0 Å². The molecule has 0 heterocycles. The van der Waals surface area contributed by atoms with Crippen molar-refractivity contribution in [1.82, 2.24) is 0 Å². The Labute approximate surface area is 450 Å². The van der Waals surface area contributed by atoms with Crippen LogP contribution in [0.1, 0.15) is 265 Å². The number of unbranched alkanes of at least 4 members (excludes halogenated alkanes) is 22. The van der Waals surface area contributed by atoms with Gasteiger partial charge in [0, 0.05) is 19.3 Å². The summed E-state index contributed by atoms with van der Waals surface area (Å²) in [7, 11) is 0. The lowest BCUT2D eigenvalue weighted by atomic mass is 10.1. The van der Waals surface area contributed by atoms with Crippen molar-refractivity contribution in [3.63, 3.8) is 0 Å². The highest BCUT2D eigenvalue weighted by Gasteiger charge is 2.19. The number of esters is 3. The van der Waals surface area contributed by atoms with E-state index in [1.54, 1.807) is 0 Å². The first-order valence-corrected chi connectivity index (χ1v) is 30.0. The molecule has 0 aromatic carbocycles. The third kappa shape index (κ3) is 58.6. The summed E-state index contributed by atoms with van der Waals surface area (Å²) in [6, 6.07) is 0. The molecule has 6 nitrogen and oxygen atoms in total. The maximum atomic E-state index is 12.9. The molecule has 0 radical (unpaired) electrons. The van der Waals surface area contributed by atoms with Crippen LogP contribution in [0.15, 0.2) is 122 Å². The van der Waals surface area contributed by atoms with Crippen LogP contribution in [0.3, 0.4) is 0 Å². The summed E-state index contributed by atoms with van der Waals surface area (Å²) < 4.78 is 16.8. The molecule has 0 aliphatic rings. The lowest BCUT2D eigenvalue weighted by molar-refractivity contribution is -0.167. The molecule has 1 atom stereocenters. The second-order valence-corrected chi connectivity index (χ2v) is 19.5. The Bertz CT molecular complexity index is 1540. The number of ether oxygens (including phenoxy) is 3. The van der Waals surface area contributed by atoms with Gasteiger partial charge in [-0.2, -0.15) is 0 Å². The zero-order valence-electron chi connectivity index (χ0n) is 47.4. The summed E-state index contributed by atoms with van der Waals surface area (Å²) in [5.41, 5.74) is 0. The number of carbonyl (C=O) groups is 3. The second-order valence-electron chi connectivity index (χ2n) is 19.5. The summed E-state index contributed by atoms with van der Waals surface area (Å²) in [6.45, 7) is 6.44. The van der Waals surface area contributed by atoms with E-state index in [4.69, 9.17) is 14.2 Å². The van der Waals surface area contributed by atoms with Gasteiger partial charge in [-0.05, 0) is 128 Å². The molecule has 0 aromatic heterocycles. The maximum absolute atomic E-state index is 12.9. The molecule has 6 heteroatoms. The standard InChI is InChI=1S/C67H110O6/c1-4-7-10-13-16-19-22-25-28-30-31-32-33-34-35-37-39-42-45-48-51-54-57-60-66(69)72-63-64(62-71-65(68)59-56-53-50-47-44-41-38-27-24-21-18-15-12-9-6-3)73-67(70)61-58-55-52-49-46-43-40-36-29-26-23-20-17-14-11-8-5-2/h7,10,16,18-19,21,25-29,31-32,34-35,38-39,42,48,51,64H,4-6,8-9,11-15,17,20,22-24,30,33,36-37,40-41,43-47,49-50,52-63H2,1-3H3/b10-7-,19-16-,21-18-,28-25-,29-26-,32-31-,35-34-,38-27-,42-39-,51-48-. The molecule has 0 N–H and O–H groups in total. The van der Waals surface area contributed by atoms with Crippen molar-refractivity contribution in [2.45, 2.75) is 271 Å². The number of hydrogen-bond acceptors (Lipinski definition) is 6. The van der Waals surface area contributed by atoms with Crippen molar-refractivity contribution in [2.75, 3.05) is 13.2 Å². The minimum Gasteiger partial charge on any atom is -0.462 e. The fourth-order valence-electron chi connectivity index (χ4n) is 7.93. The Morgan fingerprint density at radius 2 is 0.548 bits per heavy atom. The van der Waals surface area contributed by atoms with Crippen molar-refractivity contribution in [3.8, 4) is 0 Å². The average molecular weight is 1010 g/mol. The van der Waals surface area contributed by atoms with Crippen molar-refractivity contribution < 1.29 is 28.6 Å². The van der Waals surface area contributed by atoms with E-state index in [0.717, 1.165) is 116 Å². The number of rotatable bonds is 53. The van der Waals surface area contributed by atoms with Gasteiger partial charge in [0.2, 0.25) is 0 Å². The first kappa shape index (κ1) is 68.8. The molecular weight excluding hydrogens is 901 g/mol. The zero-order chi connectivity index (χ0) is 52.9. The van der Waals surface area contributed by atoms with E-state index in [0.29, 0.717) is 19.3 Å². The average Bonchev–Trinajstić information content (AvgIpc) is 3.39. The van der Waals surface area contributed by atoms with Gasteiger partial charge < -0.3 is 14.2 Å². The van der Waals surface area contributed by atoms with Crippen LogP contribution in [0.4, 0.5) is 0 Å². The van der Waals surface area contributed by atoms with Gasteiger partial charge in [-0.1, -0.05) is 239 Å². The van der Waals surface area contributed by atoms with E-state index in [9.17, 15) is 14.4 Å². The molecule has 1 unspecified atom stereocenters. The van der Waals surface area contributed by atoms with E-state index in [1.807, 2.05) is 0 Å². The van der Waals surface area contributed by atoms with Gasteiger partial charge in [0.25, 0.3) is 0 Å². The number of hydrogen-bond donors (Lipinski definition) is 0. The van der Waals surface area contributed by atoms with Gasteiger partial charge in [-0.25, -0.2) is 0 Å². The quantitative estimate of drug-likeness (QED) is 0.0261. The lowest BCUT2D eigenvalue weighted by Crippen LogP contribution is -2.30. The predicted octanol–water partition coefficient (Wildman–Crippen LogP) is 20.4. The minimum atomic E-state index is -0.814. The molecule has 0 fully saturated rings. The second kappa shape index (κ2) is 60.4. The molecule has 0 aliphatic heterocycles. The van der Waals surface area contributed by atoms with Gasteiger partial charge >= 0.3 is 17.9 Å². The Morgan fingerprint density at radius 3 is 0.932 bits per heavy atom. The molecule has 73 heavy (non-hydrogen) atoms. The van der Waals surface area contributed by atoms with E-state index in [2.05, 4.69) is 142 Å². The first-order chi connectivity index (χ1) is 36.0. The van der Waals surface area contributed by atoms with Gasteiger partial charge in [-0.3, -0.25) is 14.4 Å². The van der Waals surface area contributed by atoms with Gasteiger partial charge in [0.1, 0.15) is 13.2 Å². The highest BCUT2D eigenvalue weighted by molar-refractivity contribution is 5.71. The lowest BCUT2D eigenvalue weighted by Gasteiger charge is -2.18. The van der Waals surface area contributed by atoms with Gasteiger partial charge in [0.05, 0.1) is 0 Å². The van der Waals surface area contributed by atoms with Crippen LogP contribution in [0.2, 0.25) is 0 Å². The van der Waals surface area contributed by atoms with Crippen LogP contribution in [0.25, 0.3) is 0 Å². The van der Waals surface area contributed by atoms with Crippen LogP contribution in [0, 0.1) is 0 Å². The van der Waals surface area contributed by atoms with E-state index in [-0.39, 0.29) is 37.5 Å². The van der Waals surface area contributed by atoms with Crippen LogP contribution in [0.5, 0.6) is 0 Å². The molecule has 0 saturated heterocycles. The highest BCUT2D eigenvalue weighted by Crippen LogP contribution is 2.14. The number of allylic oxidation sites excluding steroid dienone is 20. The Balaban J connectivity index is 4.51.